The van der Waals surface area contributed by atoms with Crippen molar-refractivity contribution in [3.05, 3.63) is 34.6 Å². The fourth-order valence-corrected chi connectivity index (χ4v) is 2.47. The molecule has 1 aliphatic carbocycles. The normalized spacial score (nSPS) is 17.9. The highest BCUT2D eigenvalue weighted by molar-refractivity contribution is 5.90. The van der Waals surface area contributed by atoms with Crippen LogP contribution in [0.4, 0.5) is 4.39 Å². The van der Waals surface area contributed by atoms with Gasteiger partial charge in [0.05, 0.1) is 12.7 Å². The van der Waals surface area contributed by atoms with Crippen LogP contribution in [0, 0.1) is 5.82 Å². The van der Waals surface area contributed by atoms with Crippen LogP contribution in [0.1, 0.15) is 47.8 Å². The molecular formula is C14H18FNO2. The molecular weight excluding hydrogens is 233 g/mol. The summed E-state index contributed by atoms with van der Waals surface area (Å²) >= 11 is 0. The Balaban J connectivity index is 2.33. The standard InChI is InChI=1S/C14H18FNO2/c1-8(2)16-13-5-4-9-6-11(14(17)18-3)12(15)7-10(9)13/h6-8,13,16H,4-5H2,1-3H3/t13-/m1/s1. The van der Waals surface area contributed by atoms with Crippen LogP contribution in [0.15, 0.2) is 12.1 Å². The molecule has 2 rings (SSSR count). The number of carbonyl (C=O) groups excluding carboxylic acids is 1. The number of aryl methyl sites for hydroxylation is 1. The number of methoxy groups -OCH3 is 1. The van der Waals surface area contributed by atoms with Gasteiger partial charge in [0.15, 0.2) is 0 Å². The van der Waals surface area contributed by atoms with Crippen molar-refractivity contribution in [2.24, 2.45) is 0 Å². The third kappa shape index (κ3) is 2.38. The maximum atomic E-state index is 13.9. The quantitative estimate of drug-likeness (QED) is 0.839. The van der Waals surface area contributed by atoms with E-state index in [9.17, 15) is 9.18 Å². The Morgan fingerprint density at radius 1 is 1.50 bits per heavy atom. The number of ether oxygens (including phenoxy) is 1. The zero-order valence-electron chi connectivity index (χ0n) is 10.9. The van der Waals surface area contributed by atoms with Crippen LogP contribution in [0.2, 0.25) is 0 Å². The van der Waals surface area contributed by atoms with Crippen molar-refractivity contribution in [2.75, 3.05) is 7.11 Å². The lowest BCUT2D eigenvalue weighted by Gasteiger charge is -2.17. The van der Waals surface area contributed by atoms with Gasteiger partial charge in [-0.2, -0.15) is 0 Å². The van der Waals surface area contributed by atoms with Gasteiger partial charge in [-0.05, 0) is 36.1 Å². The molecule has 1 atom stereocenters. The summed E-state index contributed by atoms with van der Waals surface area (Å²) in [5, 5.41) is 3.40. The Morgan fingerprint density at radius 2 is 2.22 bits per heavy atom. The molecule has 0 unspecified atom stereocenters. The Hall–Kier alpha value is -1.42. The number of halogens is 1. The van der Waals surface area contributed by atoms with Crippen LogP contribution < -0.4 is 5.32 Å². The monoisotopic (exact) mass is 251 g/mol. The van der Waals surface area contributed by atoms with E-state index < -0.39 is 11.8 Å². The van der Waals surface area contributed by atoms with Crippen LogP contribution in [0.3, 0.4) is 0 Å². The number of rotatable bonds is 3. The Morgan fingerprint density at radius 3 is 2.83 bits per heavy atom. The van der Waals surface area contributed by atoms with Crippen molar-refractivity contribution < 1.29 is 13.9 Å². The van der Waals surface area contributed by atoms with Crippen LogP contribution >= 0.6 is 0 Å². The third-order valence-corrected chi connectivity index (χ3v) is 3.25. The van der Waals surface area contributed by atoms with E-state index in [1.165, 1.54) is 13.2 Å². The van der Waals surface area contributed by atoms with Gasteiger partial charge in [-0.3, -0.25) is 0 Å². The number of esters is 1. The lowest BCUT2D eigenvalue weighted by atomic mass is 10.0. The van der Waals surface area contributed by atoms with Crippen molar-refractivity contribution in [2.45, 2.75) is 38.8 Å². The molecule has 0 bridgehead atoms. The molecule has 1 aromatic rings. The molecule has 98 valence electrons. The summed E-state index contributed by atoms with van der Waals surface area (Å²) in [7, 11) is 1.26. The topological polar surface area (TPSA) is 38.3 Å². The van der Waals surface area contributed by atoms with Crippen LogP contribution in [0.25, 0.3) is 0 Å². The first kappa shape index (κ1) is 13.0. The molecule has 0 saturated heterocycles. The van der Waals surface area contributed by atoms with Gasteiger partial charge >= 0.3 is 5.97 Å². The number of benzene rings is 1. The van der Waals surface area contributed by atoms with Gasteiger partial charge in [-0.1, -0.05) is 13.8 Å². The molecule has 1 N–H and O–H groups in total. The summed E-state index contributed by atoms with van der Waals surface area (Å²) in [4.78, 5) is 11.4. The van der Waals surface area contributed by atoms with Gasteiger partial charge in [-0.25, -0.2) is 9.18 Å². The van der Waals surface area contributed by atoms with Crippen LogP contribution in [-0.4, -0.2) is 19.1 Å². The molecule has 0 heterocycles. The summed E-state index contributed by atoms with van der Waals surface area (Å²) in [6.07, 6.45) is 1.81. The van der Waals surface area contributed by atoms with E-state index in [0.717, 1.165) is 24.0 Å². The van der Waals surface area contributed by atoms with Gasteiger partial charge < -0.3 is 10.1 Å². The van der Waals surface area contributed by atoms with Crippen molar-refractivity contribution in [1.29, 1.82) is 0 Å². The number of fused-ring (bicyclic) bond motifs is 1. The highest BCUT2D eigenvalue weighted by atomic mass is 19.1. The molecule has 0 aliphatic heterocycles. The van der Waals surface area contributed by atoms with E-state index in [1.807, 2.05) is 0 Å². The van der Waals surface area contributed by atoms with E-state index in [0.29, 0.717) is 6.04 Å². The van der Waals surface area contributed by atoms with Crippen molar-refractivity contribution in [3.8, 4) is 0 Å². The molecule has 1 aliphatic rings. The van der Waals surface area contributed by atoms with Crippen molar-refractivity contribution in [3.63, 3.8) is 0 Å². The van der Waals surface area contributed by atoms with Gasteiger partial charge in [-0.15, -0.1) is 0 Å². The third-order valence-electron chi connectivity index (χ3n) is 3.25. The summed E-state index contributed by atoms with van der Waals surface area (Å²) in [5.41, 5.74) is 2.03. The predicted octanol–water partition coefficient (Wildman–Crippen LogP) is 2.60. The second kappa shape index (κ2) is 5.06. The molecule has 18 heavy (non-hydrogen) atoms. The number of carbonyl (C=O) groups is 1. The van der Waals surface area contributed by atoms with Crippen molar-refractivity contribution in [1.82, 2.24) is 5.32 Å². The number of nitrogens with one attached hydrogen (secondary N) is 1. The molecule has 3 nitrogen and oxygen atoms in total. The molecule has 0 fully saturated rings. The Kier molecular flexibility index (Phi) is 3.66. The second-order valence-electron chi connectivity index (χ2n) is 4.94. The fourth-order valence-electron chi connectivity index (χ4n) is 2.47. The zero-order chi connectivity index (χ0) is 13.3. The van der Waals surface area contributed by atoms with Crippen LogP contribution in [0.5, 0.6) is 0 Å². The molecule has 0 saturated carbocycles. The first-order valence-electron chi connectivity index (χ1n) is 6.19. The average molecular weight is 251 g/mol. The van der Waals surface area contributed by atoms with E-state index in [2.05, 4.69) is 23.9 Å². The summed E-state index contributed by atoms with van der Waals surface area (Å²) < 4.78 is 18.4. The number of hydrogen-bond acceptors (Lipinski definition) is 3. The summed E-state index contributed by atoms with van der Waals surface area (Å²) in [6.45, 7) is 4.13. The molecule has 4 heteroatoms. The first-order valence-corrected chi connectivity index (χ1v) is 6.19. The highest BCUT2D eigenvalue weighted by Gasteiger charge is 2.26. The Bertz CT molecular complexity index is 471. The maximum absolute atomic E-state index is 13.9. The second-order valence-corrected chi connectivity index (χ2v) is 4.94. The maximum Gasteiger partial charge on any atom is 0.340 e. The molecule has 0 aromatic heterocycles. The van der Waals surface area contributed by atoms with Crippen LogP contribution in [-0.2, 0) is 11.2 Å². The SMILES string of the molecule is COC(=O)c1cc2c(cc1F)[C@H](NC(C)C)CC2. The molecule has 0 amide bonds. The average Bonchev–Trinajstić information content (AvgIpc) is 2.69. The van der Waals surface area contributed by atoms with E-state index in [-0.39, 0.29) is 11.6 Å². The zero-order valence-corrected chi connectivity index (χ0v) is 10.9. The lowest BCUT2D eigenvalue weighted by molar-refractivity contribution is 0.0595. The van der Waals surface area contributed by atoms with Gasteiger partial charge in [0, 0.05) is 12.1 Å². The largest absolute Gasteiger partial charge is 0.465 e. The van der Waals surface area contributed by atoms with E-state index >= 15 is 0 Å². The molecule has 1 aromatic carbocycles. The van der Waals surface area contributed by atoms with E-state index in [1.54, 1.807) is 6.07 Å². The van der Waals surface area contributed by atoms with E-state index in [4.69, 9.17) is 0 Å². The minimum atomic E-state index is -0.615. The molecule has 0 radical (unpaired) electrons. The minimum absolute atomic E-state index is 0.0291. The number of hydrogen-bond donors (Lipinski definition) is 1. The molecule has 0 spiro atoms. The smallest absolute Gasteiger partial charge is 0.340 e. The lowest BCUT2D eigenvalue weighted by Crippen LogP contribution is -2.26. The summed E-state index contributed by atoms with van der Waals surface area (Å²) in [5.74, 6) is -1.12. The predicted molar refractivity (Wildman–Crippen MR) is 67.1 cm³/mol. The van der Waals surface area contributed by atoms with Crippen molar-refractivity contribution >= 4 is 5.97 Å². The fraction of sp³-hybridized carbons (Fsp3) is 0.500. The first-order chi connectivity index (χ1) is 8.52. The highest BCUT2D eigenvalue weighted by Crippen LogP contribution is 2.33. The van der Waals surface area contributed by atoms with Gasteiger partial charge in [0.25, 0.3) is 0 Å². The summed E-state index contributed by atoms with van der Waals surface area (Å²) in [6, 6.07) is 3.62. The minimum Gasteiger partial charge on any atom is -0.465 e. The Labute approximate surface area is 106 Å². The van der Waals surface area contributed by atoms with Gasteiger partial charge in [0.1, 0.15) is 5.82 Å². The van der Waals surface area contributed by atoms with Gasteiger partial charge in [0.2, 0.25) is 0 Å².